The number of nitrogens with zero attached hydrogens (tertiary/aromatic N) is 1. The number of amides is 1. The van der Waals surface area contributed by atoms with Crippen LogP contribution in [0.2, 0.25) is 0 Å². The smallest absolute Gasteiger partial charge is 0.243 e. The first-order chi connectivity index (χ1) is 9.33. The number of thiophene rings is 1. The van der Waals surface area contributed by atoms with E-state index in [9.17, 15) is 4.79 Å². The van der Waals surface area contributed by atoms with Crippen molar-refractivity contribution in [1.29, 1.82) is 0 Å². The maximum Gasteiger partial charge on any atom is 0.243 e. The first-order valence-corrected chi connectivity index (χ1v) is 7.89. The van der Waals surface area contributed by atoms with Gasteiger partial charge in [0, 0.05) is 30.4 Å². The van der Waals surface area contributed by atoms with Gasteiger partial charge in [0.2, 0.25) is 5.91 Å². The van der Waals surface area contributed by atoms with Crippen LogP contribution in [0, 0.1) is 5.41 Å². The van der Waals surface area contributed by atoms with Crippen LogP contribution >= 0.6 is 11.3 Å². The van der Waals surface area contributed by atoms with Crippen molar-refractivity contribution in [2.75, 3.05) is 13.7 Å². The summed E-state index contributed by atoms with van der Waals surface area (Å²) in [6.07, 6.45) is 0.665. The predicted molar refractivity (Wildman–Crippen MR) is 81.5 cm³/mol. The molecule has 2 atom stereocenters. The molecule has 1 amide bonds. The van der Waals surface area contributed by atoms with Crippen molar-refractivity contribution in [1.82, 2.24) is 4.90 Å². The standard InChI is InChI=1S/C15H24N2O2S/c1-5-19-12-9-15(16,14(12,2)3)13(18)17(4)10-11-7-6-8-20-11/h6-8,12H,5,9-10,16H2,1-4H3. The molecule has 1 fully saturated rings. The summed E-state index contributed by atoms with van der Waals surface area (Å²) in [4.78, 5) is 15.6. The molecular formula is C15H24N2O2S. The molecule has 1 aliphatic rings. The van der Waals surface area contributed by atoms with E-state index in [0.717, 1.165) is 0 Å². The second-order valence-electron chi connectivity index (χ2n) is 6.08. The van der Waals surface area contributed by atoms with Crippen LogP contribution in [-0.4, -0.2) is 36.1 Å². The van der Waals surface area contributed by atoms with E-state index in [2.05, 4.69) is 0 Å². The SMILES string of the molecule is CCOC1CC(N)(C(=O)N(C)Cc2cccs2)C1(C)C. The van der Waals surface area contributed by atoms with E-state index in [4.69, 9.17) is 10.5 Å². The Labute approximate surface area is 124 Å². The Kier molecular flexibility index (Phi) is 4.23. The van der Waals surface area contributed by atoms with Gasteiger partial charge < -0.3 is 15.4 Å². The number of hydrogen-bond acceptors (Lipinski definition) is 4. The predicted octanol–water partition coefficient (Wildman–Crippen LogP) is 2.24. The molecular weight excluding hydrogens is 272 g/mol. The summed E-state index contributed by atoms with van der Waals surface area (Å²) < 4.78 is 5.68. The van der Waals surface area contributed by atoms with Crippen molar-refractivity contribution in [2.45, 2.75) is 45.4 Å². The first-order valence-electron chi connectivity index (χ1n) is 7.01. The van der Waals surface area contributed by atoms with Crippen LogP contribution in [0.3, 0.4) is 0 Å². The monoisotopic (exact) mass is 296 g/mol. The highest BCUT2D eigenvalue weighted by atomic mass is 32.1. The molecule has 0 radical (unpaired) electrons. The molecule has 1 saturated carbocycles. The van der Waals surface area contributed by atoms with Crippen LogP contribution in [0.4, 0.5) is 0 Å². The Morgan fingerprint density at radius 1 is 1.60 bits per heavy atom. The molecule has 0 saturated heterocycles. The molecule has 1 aromatic heterocycles. The van der Waals surface area contributed by atoms with Gasteiger partial charge in [0.1, 0.15) is 5.54 Å². The van der Waals surface area contributed by atoms with E-state index in [1.54, 1.807) is 16.2 Å². The number of rotatable bonds is 5. The lowest BCUT2D eigenvalue weighted by molar-refractivity contribution is -0.178. The normalized spacial score (nSPS) is 27.9. The van der Waals surface area contributed by atoms with Gasteiger partial charge in [-0.3, -0.25) is 4.79 Å². The third kappa shape index (κ3) is 2.38. The number of ether oxygens (including phenoxy) is 1. The summed E-state index contributed by atoms with van der Waals surface area (Å²) >= 11 is 1.65. The van der Waals surface area contributed by atoms with E-state index >= 15 is 0 Å². The molecule has 2 N–H and O–H groups in total. The first kappa shape index (κ1) is 15.5. The Balaban J connectivity index is 2.05. The lowest BCUT2D eigenvalue weighted by Gasteiger charge is -2.58. The molecule has 1 heterocycles. The lowest BCUT2D eigenvalue weighted by Crippen LogP contribution is -2.75. The Hall–Kier alpha value is -0.910. The van der Waals surface area contributed by atoms with Crippen molar-refractivity contribution < 1.29 is 9.53 Å². The van der Waals surface area contributed by atoms with Crippen LogP contribution < -0.4 is 5.73 Å². The van der Waals surface area contributed by atoms with Gasteiger partial charge in [-0.25, -0.2) is 0 Å². The van der Waals surface area contributed by atoms with Crippen molar-refractivity contribution in [2.24, 2.45) is 11.1 Å². The third-order valence-corrected chi connectivity index (χ3v) is 5.39. The fourth-order valence-electron chi connectivity index (χ4n) is 2.85. The quantitative estimate of drug-likeness (QED) is 0.906. The minimum Gasteiger partial charge on any atom is -0.378 e. The summed E-state index contributed by atoms with van der Waals surface area (Å²) in [7, 11) is 1.82. The Bertz CT molecular complexity index is 472. The van der Waals surface area contributed by atoms with E-state index in [-0.39, 0.29) is 17.4 Å². The highest BCUT2D eigenvalue weighted by Crippen LogP contribution is 2.50. The maximum absolute atomic E-state index is 12.7. The zero-order valence-electron chi connectivity index (χ0n) is 12.7. The summed E-state index contributed by atoms with van der Waals surface area (Å²) in [5, 5.41) is 2.02. The van der Waals surface area contributed by atoms with Crippen molar-refractivity contribution in [3.63, 3.8) is 0 Å². The van der Waals surface area contributed by atoms with Crippen LogP contribution in [0.5, 0.6) is 0 Å². The topological polar surface area (TPSA) is 55.6 Å². The molecule has 4 nitrogen and oxygen atoms in total. The van der Waals surface area contributed by atoms with Gasteiger partial charge in [0.25, 0.3) is 0 Å². The fourth-order valence-corrected chi connectivity index (χ4v) is 3.60. The number of carbonyl (C=O) groups is 1. The summed E-state index contributed by atoms with van der Waals surface area (Å²) in [5.74, 6) is 0.00635. The summed E-state index contributed by atoms with van der Waals surface area (Å²) in [5.41, 5.74) is 5.26. The molecule has 0 aliphatic heterocycles. The zero-order chi connectivity index (χ0) is 15.0. The molecule has 112 valence electrons. The van der Waals surface area contributed by atoms with Gasteiger partial charge in [-0.1, -0.05) is 19.9 Å². The van der Waals surface area contributed by atoms with Gasteiger partial charge in [-0.2, -0.15) is 0 Å². The average Bonchev–Trinajstić information content (AvgIpc) is 2.90. The molecule has 0 aromatic carbocycles. The Morgan fingerprint density at radius 2 is 2.30 bits per heavy atom. The van der Waals surface area contributed by atoms with Gasteiger partial charge in [-0.05, 0) is 18.4 Å². The molecule has 2 unspecified atom stereocenters. The highest BCUT2D eigenvalue weighted by molar-refractivity contribution is 7.09. The second kappa shape index (κ2) is 5.47. The van der Waals surface area contributed by atoms with Crippen LogP contribution in [-0.2, 0) is 16.1 Å². The van der Waals surface area contributed by atoms with Crippen LogP contribution in [0.1, 0.15) is 32.1 Å². The molecule has 1 aromatic rings. The van der Waals surface area contributed by atoms with Gasteiger partial charge in [0.05, 0.1) is 12.6 Å². The number of carbonyl (C=O) groups excluding carboxylic acids is 1. The highest BCUT2D eigenvalue weighted by Gasteiger charge is 2.63. The molecule has 0 bridgehead atoms. The molecule has 0 spiro atoms. The van der Waals surface area contributed by atoms with Crippen molar-refractivity contribution in [3.8, 4) is 0 Å². The van der Waals surface area contributed by atoms with Crippen LogP contribution in [0.15, 0.2) is 17.5 Å². The lowest BCUT2D eigenvalue weighted by atomic mass is 9.54. The number of hydrogen-bond donors (Lipinski definition) is 1. The molecule has 20 heavy (non-hydrogen) atoms. The van der Waals surface area contributed by atoms with Crippen molar-refractivity contribution in [3.05, 3.63) is 22.4 Å². The maximum atomic E-state index is 12.7. The fraction of sp³-hybridized carbons (Fsp3) is 0.667. The largest absolute Gasteiger partial charge is 0.378 e. The average molecular weight is 296 g/mol. The van der Waals surface area contributed by atoms with E-state index in [1.807, 2.05) is 45.3 Å². The van der Waals surface area contributed by atoms with Gasteiger partial charge >= 0.3 is 0 Å². The summed E-state index contributed by atoms with van der Waals surface area (Å²) in [6.45, 7) is 7.28. The number of likely N-dealkylation sites (N-methyl/N-ethyl adjacent to an activating group) is 1. The minimum atomic E-state index is -0.821. The van der Waals surface area contributed by atoms with Crippen LogP contribution in [0.25, 0.3) is 0 Å². The van der Waals surface area contributed by atoms with Gasteiger partial charge in [-0.15, -0.1) is 11.3 Å². The Morgan fingerprint density at radius 3 is 2.80 bits per heavy atom. The number of nitrogens with two attached hydrogens (primary N) is 1. The van der Waals surface area contributed by atoms with Crippen molar-refractivity contribution >= 4 is 17.2 Å². The molecule has 2 rings (SSSR count). The molecule has 1 aliphatic carbocycles. The molecule has 5 heteroatoms. The third-order valence-electron chi connectivity index (χ3n) is 4.53. The minimum absolute atomic E-state index is 0.00635. The summed E-state index contributed by atoms with van der Waals surface area (Å²) in [6, 6.07) is 4.03. The van der Waals surface area contributed by atoms with E-state index < -0.39 is 5.54 Å². The van der Waals surface area contributed by atoms with E-state index in [1.165, 1.54) is 4.88 Å². The second-order valence-corrected chi connectivity index (χ2v) is 7.11. The van der Waals surface area contributed by atoms with Gasteiger partial charge in [0.15, 0.2) is 0 Å². The van der Waals surface area contributed by atoms with E-state index in [0.29, 0.717) is 19.6 Å². The zero-order valence-corrected chi connectivity index (χ0v) is 13.5.